The Bertz CT molecular complexity index is 923. The van der Waals surface area contributed by atoms with Crippen LogP contribution in [0.25, 0.3) is 0 Å². The monoisotopic (exact) mass is 476 g/mol. The SMILES string of the molecule is CCN(CC)C(=O)c1ccc(CSc2nc(Cl)cc(N3CCC4(CC3)OCCO4)n2)cc1. The molecule has 0 unspecified atom stereocenters. The van der Waals surface area contributed by atoms with Crippen LogP contribution in [-0.4, -0.2) is 66.0 Å². The van der Waals surface area contributed by atoms with Gasteiger partial charge in [-0.2, -0.15) is 0 Å². The fraction of sp³-hybridized carbons (Fsp3) is 0.522. The predicted molar refractivity (Wildman–Crippen MR) is 126 cm³/mol. The lowest BCUT2D eigenvalue weighted by Gasteiger charge is -2.38. The van der Waals surface area contributed by atoms with Gasteiger partial charge in [0.25, 0.3) is 5.91 Å². The van der Waals surface area contributed by atoms with Gasteiger partial charge in [0.15, 0.2) is 10.9 Å². The first-order valence-electron chi connectivity index (χ1n) is 11.1. The Balaban J connectivity index is 1.37. The summed E-state index contributed by atoms with van der Waals surface area (Å²) in [5, 5.41) is 1.08. The molecule has 0 aliphatic carbocycles. The zero-order valence-corrected chi connectivity index (χ0v) is 20.1. The van der Waals surface area contributed by atoms with Gasteiger partial charge in [0.1, 0.15) is 11.0 Å². The second-order valence-corrected chi connectivity index (χ2v) is 9.22. The Labute approximate surface area is 198 Å². The van der Waals surface area contributed by atoms with Crippen molar-refractivity contribution in [1.29, 1.82) is 0 Å². The molecule has 1 aromatic heterocycles. The molecule has 2 aliphatic heterocycles. The Morgan fingerprint density at radius 2 is 1.78 bits per heavy atom. The molecule has 2 aliphatic rings. The average molecular weight is 477 g/mol. The minimum absolute atomic E-state index is 0.0636. The molecular weight excluding hydrogens is 448 g/mol. The first-order chi connectivity index (χ1) is 15.5. The number of hydrogen-bond acceptors (Lipinski definition) is 7. The highest BCUT2D eigenvalue weighted by atomic mass is 35.5. The van der Waals surface area contributed by atoms with Crippen molar-refractivity contribution < 1.29 is 14.3 Å². The van der Waals surface area contributed by atoms with Crippen molar-refractivity contribution in [1.82, 2.24) is 14.9 Å². The van der Waals surface area contributed by atoms with Gasteiger partial charge in [-0.3, -0.25) is 4.79 Å². The van der Waals surface area contributed by atoms with Crippen LogP contribution in [0, 0.1) is 0 Å². The zero-order chi connectivity index (χ0) is 22.6. The summed E-state index contributed by atoms with van der Waals surface area (Å²) >= 11 is 7.84. The van der Waals surface area contributed by atoms with Gasteiger partial charge in [-0.05, 0) is 31.5 Å². The summed E-state index contributed by atoms with van der Waals surface area (Å²) in [6, 6.07) is 9.56. The van der Waals surface area contributed by atoms with Crippen LogP contribution in [0.3, 0.4) is 0 Å². The van der Waals surface area contributed by atoms with E-state index in [0.717, 1.165) is 37.3 Å². The summed E-state index contributed by atoms with van der Waals surface area (Å²) < 4.78 is 11.6. The van der Waals surface area contributed by atoms with Crippen LogP contribution in [-0.2, 0) is 15.2 Å². The van der Waals surface area contributed by atoms with Crippen molar-refractivity contribution >= 4 is 35.1 Å². The molecule has 0 N–H and O–H groups in total. The first kappa shape index (κ1) is 23.3. The number of aromatic nitrogens is 2. The minimum atomic E-state index is -0.413. The van der Waals surface area contributed by atoms with Crippen molar-refractivity contribution in [2.75, 3.05) is 44.3 Å². The van der Waals surface area contributed by atoms with Gasteiger partial charge in [0, 0.05) is 56.4 Å². The van der Waals surface area contributed by atoms with E-state index in [0.29, 0.717) is 47.9 Å². The van der Waals surface area contributed by atoms with Crippen molar-refractivity contribution in [3.63, 3.8) is 0 Å². The standard InChI is InChI=1S/C23H29ClN4O3S/c1-3-27(4-2)21(29)18-7-5-17(6-8-18)16-32-22-25-19(24)15-20(26-22)28-11-9-23(10-12-28)30-13-14-31-23/h5-8,15H,3-4,9-14,16H2,1-2H3. The molecule has 32 heavy (non-hydrogen) atoms. The van der Waals surface area contributed by atoms with Gasteiger partial charge >= 0.3 is 0 Å². The number of carbonyl (C=O) groups excluding carboxylic acids is 1. The highest BCUT2D eigenvalue weighted by Crippen LogP contribution is 2.33. The minimum Gasteiger partial charge on any atom is -0.356 e. The largest absolute Gasteiger partial charge is 0.356 e. The maximum atomic E-state index is 12.5. The van der Waals surface area contributed by atoms with Gasteiger partial charge in [-0.25, -0.2) is 9.97 Å². The van der Waals surface area contributed by atoms with Crippen molar-refractivity contribution in [3.05, 3.63) is 46.6 Å². The van der Waals surface area contributed by atoms with Crippen LogP contribution in [0.2, 0.25) is 5.15 Å². The van der Waals surface area contributed by atoms with Crippen LogP contribution in [0.4, 0.5) is 5.82 Å². The third kappa shape index (κ3) is 5.36. The summed E-state index contributed by atoms with van der Waals surface area (Å²) in [6.07, 6.45) is 1.63. The van der Waals surface area contributed by atoms with Gasteiger partial charge in [-0.15, -0.1) is 0 Å². The third-order valence-corrected chi connectivity index (χ3v) is 7.06. The summed E-state index contributed by atoms with van der Waals surface area (Å²) in [7, 11) is 0. The summed E-state index contributed by atoms with van der Waals surface area (Å²) in [5.74, 6) is 1.18. The lowest BCUT2D eigenvalue weighted by atomic mass is 10.0. The Hall–Kier alpha value is -1.87. The quantitative estimate of drug-likeness (QED) is 0.336. The molecule has 2 saturated heterocycles. The topological polar surface area (TPSA) is 67.8 Å². The fourth-order valence-corrected chi connectivity index (χ4v) is 5.10. The van der Waals surface area contributed by atoms with Crippen LogP contribution >= 0.6 is 23.4 Å². The second kappa shape index (κ2) is 10.4. The van der Waals surface area contributed by atoms with Gasteiger partial charge < -0.3 is 19.3 Å². The summed E-state index contributed by atoms with van der Waals surface area (Å²) in [5.41, 5.74) is 1.81. The van der Waals surface area contributed by atoms with E-state index in [1.165, 1.54) is 11.8 Å². The van der Waals surface area contributed by atoms with E-state index in [4.69, 9.17) is 26.1 Å². The van der Waals surface area contributed by atoms with Gasteiger partial charge in [0.05, 0.1) is 13.2 Å². The molecule has 2 aromatic rings. The maximum Gasteiger partial charge on any atom is 0.253 e. The third-order valence-electron chi connectivity index (χ3n) is 5.94. The van der Waals surface area contributed by atoms with E-state index in [1.807, 2.05) is 49.1 Å². The first-order valence-corrected chi connectivity index (χ1v) is 12.5. The average Bonchev–Trinajstić information content (AvgIpc) is 3.26. The Morgan fingerprint density at radius 3 is 2.41 bits per heavy atom. The maximum absolute atomic E-state index is 12.5. The molecule has 9 heteroatoms. The number of hydrogen-bond donors (Lipinski definition) is 0. The van der Waals surface area contributed by atoms with E-state index in [-0.39, 0.29) is 5.91 Å². The number of rotatable bonds is 7. The number of halogens is 1. The smallest absolute Gasteiger partial charge is 0.253 e. The van der Waals surface area contributed by atoms with Crippen LogP contribution < -0.4 is 4.90 Å². The summed E-state index contributed by atoms with van der Waals surface area (Å²) in [4.78, 5) is 25.6. The molecule has 3 heterocycles. The normalized spacial score (nSPS) is 17.7. The van der Waals surface area contributed by atoms with E-state index in [9.17, 15) is 4.79 Å². The number of thioether (sulfide) groups is 1. The van der Waals surface area contributed by atoms with Crippen molar-refractivity contribution in [2.24, 2.45) is 0 Å². The molecule has 4 rings (SSSR count). The van der Waals surface area contributed by atoms with E-state index < -0.39 is 5.79 Å². The number of ether oxygens (including phenoxy) is 2. The van der Waals surface area contributed by atoms with Crippen molar-refractivity contribution in [2.45, 2.75) is 43.4 Å². The molecule has 1 amide bonds. The Kier molecular flexibility index (Phi) is 7.55. The molecule has 7 nitrogen and oxygen atoms in total. The number of piperidine rings is 1. The molecule has 1 aromatic carbocycles. The van der Waals surface area contributed by atoms with Gasteiger partial charge in [-0.1, -0.05) is 35.5 Å². The van der Waals surface area contributed by atoms with Crippen molar-refractivity contribution in [3.8, 4) is 0 Å². The molecule has 1 spiro atoms. The molecule has 0 atom stereocenters. The summed E-state index contributed by atoms with van der Waals surface area (Å²) in [6.45, 7) is 8.35. The van der Waals surface area contributed by atoms with Crippen LogP contribution in [0.15, 0.2) is 35.5 Å². The number of nitrogens with zero attached hydrogens (tertiary/aromatic N) is 4. The molecule has 172 valence electrons. The Morgan fingerprint density at radius 1 is 1.12 bits per heavy atom. The molecule has 0 radical (unpaired) electrons. The molecular formula is C23H29ClN4O3S. The highest BCUT2D eigenvalue weighted by Gasteiger charge is 2.40. The lowest BCUT2D eigenvalue weighted by molar-refractivity contribution is -0.169. The molecule has 0 bridgehead atoms. The number of anilines is 1. The van der Waals surface area contributed by atoms with E-state index in [2.05, 4.69) is 9.88 Å². The van der Waals surface area contributed by atoms with E-state index >= 15 is 0 Å². The number of amides is 1. The van der Waals surface area contributed by atoms with Crippen LogP contribution in [0.1, 0.15) is 42.6 Å². The number of benzene rings is 1. The molecule has 0 saturated carbocycles. The zero-order valence-electron chi connectivity index (χ0n) is 18.6. The fourth-order valence-electron chi connectivity index (χ4n) is 4.06. The lowest BCUT2D eigenvalue weighted by Crippen LogP contribution is -2.45. The second-order valence-electron chi connectivity index (χ2n) is 7.89. The van der Waals surface area contributed by atoms with E-state index in [1.54, 1.807) is 0 Å². The predicted octanol–water partition coefficient (Wildman–Crippen LogP) is 4.25. The van der Waals surface area contributed by atoms with Crippen LogP contribution in [0.5, 0.6) is 0 Å². The number of carbonyl (C=O) groups is 1. The molecule has 2 fully saturated rings. The van der Waals surface area contributed by atoms with Gasteiger partial charge in [0.2, 0.25) is 0 Å². The highest BCUT2D eigenvalue weighted by molar-refractivity contribution is 7.98.